The van der Waals surface area contributed by atoms with Crippen molar-refractivity contribution in [1.29, 1.82) is 0 Å². The van der Waals surface area contributed by atoms with Gasteiger partial charge in [0.05, 0.1) is 52.5 Å². The fourth-order valence-electron chi connectivity index (χ4n) is 7.90. The van der Waals surface area contributed by atoms with Crippen molar-refractivity contribution < 1.29 is 22.6 Å². The molecule has 8 heterocycles. The van der Waals surface area contributed by atoms with Gasteiger partial charge in [0.2, 0.25) is 11.9 Å². The summed E-state index contributed by atoms with van der Waals surface area (Å²) in [4.78, 5) is 38.2. The minimum atomic E-state index is -0.282. The predicted octanol–water partition coefficient (Wildman–Crippen LogP) is 7.98. The second kappa shape index (κ2) is 27.2. The Morgan fingerprint density at radius 2 is 1.19 bits per heavy atom. The first-order chi connectivity index (χ1) is 35.2. The normalized spacial score (nSPS) is 13.1. The largest absolute Gasteiger partial charge is 0.368 e. The highest BCUT2D eigenvalue weighted by Gasteiger charge is 2.27. The van der Waals surface area contributed by atoms with E-state index in [0.717, 1.165) is 104 Å². The summed E-state index contributed by atoms with van der Waals surface area (Å²) in [6, 6.07) is 20.4. The Balaban J connectivity index is 0.000000184. The fraction of sp³-hybridized carbons (Fsp3) is 0.241. The number of anilines is 2. The molecule has 5 N–H and O–H groups in total. The van der Waals surface area contributed by atoms with E-state index < -0.39 is 0 Å². The highest BCUT2D eigenvalue weighted by molar-refractivity contribution is 5.78. The molecule has 10 rings (SSSR count). The monoisotopic (exact) mass is 982 g/mol. The van der Waals surface area contributed by atoms with E-state index in [2.05, 4.69) is 106 Å². The first-order valence-electron chi connectivity index (χ1n) is 22.6. The highest BCUT2D eigenvalue weighted by atomic mass is 19.1. The topological polar surface area (TPSA) is 224 Å². The van der Waals surface area contributed by atoms with E-state index in [4.69, 9.17) is 22.4 Å². The van der Waals surface area contributed by atoms with E-state index in [-0.39, 0.29) is 37.0 Å². The number of nitrogens with one attached hydrogen (secondary N) is 1. The van der Waals surface area contributed by atoms with E-state index in [1.807, 2.05) is 30.9 Å². The van der Waals surface area contributed by atoms with Gasteiger partial charge in [-0.2, -0.15) is 0 Å². The van der Waals surface area contributed by atoms with Crippen molar-refractivity contribution in [3.05, 3.63) is 133 Å². The Hall–Kier alpha value is -9.27. The molecule has 370 valence electrons. The van der Waals surface area contributed by atoms with Crippen molar-refractivity contribution in [3.8, 4) is 93.2 Å². The molecule has 73 heavy (non-hydrogen) atoms. The molecule has 0 atom stereocenters. The van der Waals surface area contributed by atoms with Crippen molar-refractivity contribution in [2.45, 2.75) is 58.7 Å². The molecule has 2 fully saturated rings. The summed E-state index contributed by atoms with van der Waals surface area (Å²) in [5, 5.41) is 10.7. The Labute approximate surface area is 421 Å². The summed E-state index contributed by atoms with van der Waals surface area (Å²) < 4.78 is 40.4. The molecule has 0 saturated carbocycles. The molecular formula is C54H52F2N14O3. The molecule has 2 aromatic carbocycles. The standard InChI is InChI=1S/C22H22FN7O.C18H19FN6.C9H4.C4H3NO2.CH4/c23-16-3-1-15(2-4-16)20-21(19-5-9-25-22(24)27-19)30(14-26-20)18-6-10-29(11-7-18)13-17-8-12-31-28-17;19-13-3-1-12(2-4-13)16-17(15-7-10-22-18(20)24-15)25(11-23-16)14-5-8-21-9-6-14;1-3-5-7-9-8-6-4-2;6-3-4-1-2-7-5-4;/h1-5,8-9,12,14,18H,6-7,10-11,13H2,(H2,24,25,27);1-4,7,10-11,14,21H,5-6,8-9H2,(H2,20,22,24);1H,2H3;1-3H;1H4. The highest BCUT2D eigenvalue weighted by Crippen LogP contribution is 2.37. The average molecular weight is 983 g/mol. The Morgan fingerprint density at radius 3 is 1.64 bits per heavy atom. The van der Waals surface area contributed by atoms with Crippen LogP contribution in [0, 0.1) is 59.5 Å². The predicted molar refractivity (Wildman–Crippen MR) is 274 cm³/mol. The van der Waals surface area contributed by atoms with Crippen LogP contribution in [0.15, 0.2) is 119 Å². The van der Waals surface area contributed by atoms with Gasteiger partial charge in [0.1, 0.15) is 29.9 Å². The number of rotatable bonds is 9. The van der Waals surface area contributed by atoms with E-state index >= 15 is 0 Å². The third-order valence-corrected chi connectivity index (χ3v) is 11.2. The molecule has 0 spiro atoms. The van der Waals surface area contributed by atoms with Crippen LogP contribution in [0.25, 0.3) is 45.3 Å². The molecule has 17 nitrogen and oxygen atoms in total. The van der Waals surface area contributed by atoms with Gasteiger partial charge in [0, 0.05) is 67.4 Å². The Morgan fingerprint density at radius 1 is 0.685 bits per heavy atom. The van der Waals surface area contributed by atoms with E-state index in [1.165, 1.54) is 36.6 Å². The molecule has 2 aliphatic rings. The van der Waals surface area contributed by atoms with E-state index in [1.54, 1.807) is 49.8 Å². The lowest BCUT2D eigenvalue weighted by atomic mass is 10.0. The van der Waals surface area contributed by atoms with E-state index in [0.29, 0.717) is 23.7 Å². The molecule has 2 saturated heterocycles. The van der Waals surface area contributed by atoms with Gasteiger partial charge in [0.25, 0.3) is 0 Å². The summed E-state index contributed by atoms with van der Waals surface area (Å²) in [6.07, 6.45) is 19.4. The number of carbonyl (C=O) groups excluding carboxylic acids is 1. The number of carbonyl (C=O) groups is 1. The van der Waals surface area contributed by atoms with Crippen LogP contribution in [0.4, 0.5) is 20.7 Å². The van der Waals surface area contributed by atoms with Gasteiger partial charge < -0.3 is 35.0 Å². The van der Waals surface area contributed by atoms with Gasteiger partial charge in [-0.3, -0.25) is 9.69 Å². The van der Waals surface area contributed by atoms with Crippen molar-refractivity contribution in [2.75, 3.05) is 37.6 Å². The Bertz CT molecular complexity index is 3230. The summed E-state index contributed by atoms with van der Waals surface area (Å²) in [5.74, 6) is 16.9. The lowest BCUT2D eigenvalue weighted by Crippen LogP contribution is -2.34. The summed E-state index contributed by atoms with van der Waals surface area (Å²) in [5.41, 5.74) is 19.3. The zero-order chi connectivity index (χ0) is 50.5. The number of piperidine rings is 2. The van der Waals surface area contributed by atoms with Gasteiger partial charge in [-0.25, -0.2) is 38.7 Å². The third-order valence-electron chi connectivity index (χ3n) is 11.2. The number of benzene rings is 2. The average Bonchev–Trinajstić information content (AvgIpc) is 4.27. The van der Waals surface area contributed by atoms with Crippen LogP contribution in [0.5, 0.6) is 0 Å². The van der Waals surface area contributed by atoms with Crippen LogP contribution in [0.1, 0.15) is 68.3 Å². The van der Waals surface area contributed by atoms with Gasteiger partial charge in [0.15, 0.2) is 6.29 Å². The number of nitrogens with two attached hydrogens (primary N) is 2. The number of hydrogen-bond donors (Lipinski definition) is 3. The van der Waals surface area contributed by atoms with Crippen LogP contribution in [0.3, 0.4) is 0 Å². The van der Waals surface area contributed by atoms with Crippen molar-refractivity contribution in [2.24, 2.45) is 0 Å². The molecule has 6 aromatic heterocycles. The molecule has 0 aliphatic carbocycles. The first kappa shape index (κ1) is 53.1. The molecule has 19 heteroatoms. The first-order valence-corrected chi connectivity index (χ1v) is 22.6. The Kier molecular flexibility index (Phi) is 19.8. The van der Waals surface area contributed by atoms with Gasteiger partial charge in [-0.05, 0) is 142 Å². The van der Waals surface area contributed by atoms with Crippen molar-refractivity contribution >= 4 is 18.2 Å². The second-order valence-electron chi connectivity index (χ2n) is 15.9. The summed E-state index contributed by atoms with van der Waals surface area (Å²) in [6.45, 7) is 6.31. The second-order valence-corrected chi connectivity index (χ2v) is 15.9. The van der Waals surface area contributed by atoms with Gasteiger partial charge in [-0.1, -0.05) is 23.7 Å². The number of halogens is 2. The van der Waals surface area contributed by atoms with E-state index in [9.17, 15) is 13.6 Å². The SMILES string of the molecule is C.C#CC#CC#CC#CC.Nc1nccc(-c2c(-c3ccc(F)cc3)ncn2C2CCN(Cc3ccon3)CC2)n1.Nc1nccc(-c2c(-c3ccc(F)cc3)ncn2C2CCNCC2)n1.O=Cc1ccon1. The van der Waals surface area contributed by atoms with Crippen LogP contribution < -0.4 is 16.8 Å². The van der Waals surface area contributed by atoms with Crippen LogP contribution >= 0.6 is 0 Å². The molecule has 0 bridgehead atoms. The van der Waals surface area contributed by atoms with Crippen LogP contribution in [0.2, 0.25) is 0 Å². The molecular weight excluding hydrogens is 931 g/mol. The lowest BCUT2D eigenvalue weighted by molar-refractivity contribution is 0.111. The van der Waals surface area contributed by atoms with Crippen LogP contribution in [-0.2, 0) is 6.54 Å². The van der Waals surface area contributed by atoms with Crippen LogP contribution in [-0.4, -0.2) is 86.7 Å². The van der Waals surface area contributed by atoms with Crippen molar-refractivity contribution in [1.82, 2.24) is 59.6 Å². The summed E-state index contributed by atoms with van der Waals surface area (Å²) in [7, 11) is 0. The zero-order valence-electron chi connectivity index (χ0n) is 39.1. The third kappa shape index (κ3) is 14.9. The number of aromatic nitrogens is 10. The number of aldehydes is 1. The molecule has 2 aliphatic heterocycles. The quantitative estimate of drug-likeness (QED) is 0.0921. The molecule has 0 amide bonds. The molecule has 8 aromatic rings. The number of likely N-dealkylation sites (tertiary alicyclic amines) is 1. The number of nitrogens with zero attached hydrogens (tertiary/aromatic N) is 11. The maximum absolute atomic E-state index is 13.5. The summed E-state index contributed by atoms with van der Waals surface area (Å²) >= 11 is 0. The fourth-order valence-corrected chi connectivity index (χ4v) is 7.90. The smallest absolute Gasteiger partial charge is 0.220 e. The van der Waals surface area contributed by atoms with Gasteiger partial charge in [-0.15, -0.1) is 6.42 Å². The van der Waals surface area contributed by atoms with Gasteiger partial charge >= 0.3 is 0 Å². The minimum Gasteiger partial charge on any atom is -0.368 e. The molecule has 0 radical (unpaired) electrons. The molecule has 0 unspecified atom stereocenters. The number of imidazole rings is 2. The lowest BCUT2D eigenvalue weighted by Gasteiger charge is -2.32. The number of terminal acetylenes is 1. The zero-order valence-corrected chi connectivity index (χ0v) is 39.1. The number of nitrogen functional groups attached to an aromatic ring is 2. The maximum Gasteiger partial charge on any atom is 0.220 e. The number of hydrogen-bond acceptors (Lipinski definition) is 15. The minimum absolute atomic E-state index is 0. The maximum atomic E-state index is 13.5. The van der Waals surface area contributed by atoms with Crippen molar-refractivity contribution in [3.63, 3.8) is 0 Å².